The lowest BCUT2D eigenvalue weighted by molar-refractivity contribution is -0.384. The summed E-state index contributed by atoms with van der Waals surface area (Å²) in [5.41, 5.74) is 9.74. The smallest absolute Gasteiger partial charge is 0.267 e. The first-order valence-corrected chi connectivity index (χ1v) is 7.34. The molecule has 7 nitrogen and oxygen atoms in total. The van der Waals surface area contributed by atoms with Crippen LogP contribution in [0, 0.1) is 23.6 Å². The number of nitro groups is 1. The van der Waals surface area contributed by atoms with Gasteiger partial charge in [0, 0.05) is 23.4 Å². The van der Waals surface area contributed by atoms with Crippen LogP contribution in [-0.2, 0) is 6.54 Å². The topological polar surface area (TPSA) is 98.2 Å². The fraction of sp³-hybridized carbons (Fsp3) is 0.125. The van der Waals surface area contributed by atoms with Crippen molar-refractivity contribution in [2.24, 2.45) is 9.74 Å². The van der Waals surface area contributed by atoms with E-state index in [9.17, 15) is 10.1 Å². The predicted molar refractivity (Wildman–Crippen MR) is 95.9 cm³/mol. The number of amidine groups is 1. The fourth-order valence-electron chi connectivity index (χ4n) is 2.18. The van der Waals surface area contributed by atoms with Gasteiger partial charge in [-0.2, -0.15) is 0 Å². The summed E-state index contributed by atoms with van der Waals surface area (Å²) in [6, 6.07) is 9.93. The van der Waals surface area contributed by atoms with Gasteiger partial charge in [0.1, 0.15) is 0 Å². The van der Waals surface area contributed by atoms with E-state index >= 15 is 0 Å². The van der Waals surface area contributed by atoms with E-state index in [1.54, 1.807) is 6.92 Å². The number of benzene rings is 2. The number of nitrogens with zero attached hydrogens (tertiary/aromatic N) is 4. The maximum Gasteiger partial charge on any atom is 0.267 e. The second-order valence-corrected chi connectivity index (χ2v) is 5.23. The van der Waals surface area contributed by atoms with Crippen molar-refractivity contribution in [2.45, 2.75) is 13.5 Å². The molecule has 2 N–H and O–H groups in total. The molecule has 8 heteroatoms. The molecule has 0 atom stereocenters. The Morgan fingerprint density at radius 3 is 2.71 bits per heavy atom. The third-order valence-electron chi connectivity index (χ3n) is 3.39. The Morgan fingerprint density at radius 2 is 2.12 bits per heavy atom. The summed E-state index contributed by atoms with van der Waals surface area (Å²) in [7, 11) is 3.07. The van der Waals surface area contributed by atoms with Gasteiger partial charge in [-0.3, -0.25) is 15.1 Å². The van der Waals surface area contributed by atoms with Crippen LogP contribution in [0.3, 0.4) is 0 Å². The lowest BCUT2D eigenvalue weighted by Gasteiger charge is -1.98. The zero-order chi connectivity index (χ0) is 17.7. The monoisotopic (exact) mass is 339 g/mol. The molecule has 0 saturated heterocycles. The van der Waals surface area contributed by atoms with Crippen LogP contribution in [0.25, 0.3) is 4.85 Å². The molecular formula is C16H14N5O2P. The number of nitrogen functional groups attached to an aromatic ring is 1. The van der Waals surface area contributed by atoms with Crippen molar-refractivity contribution < 1.29 is 4.92 Å². The molecule has 0 saturated carbocycles. The first-order valence-electron chi connectivity index (χ1n) is 6.89. The summed E-state index contributed by atoms with van der Waals surface area (Å²) < 4.78 is 3.87. The molecule has 1 aliphatic rings. The second kappa shape index (κ2) is 7.44. The van der Waals surface area contributed by atoms with Gasteiger partial charge in [-0.25, -0.2) is 9.59 Å². The van der Waals surface area contributed by atoms with E-state index in [-0.39, 0.29) is 5.69 Å². The summed E-state index contributed by atoms with van der Waals surface area (Å²) in [5.74, 6) is 0.752. The first kappa shape index (κ1) is 17.3. The van der Waals surface area contributed by atoms with Gasteiger partial charge in [0.05, 0.1) is 18.0 Å². The molecule has 2 aromatic rings. The Hall–Kier alpha value is -3.10. The number of nitro benzene ring substituents is 1. The van der Waals surface area contributed by atoms with E-state index in [0.717, 1.165) is 22.6 Å². The molecule has 0 amide bonds. The molecule has 0 spiro atoms. The third kappa shape index (κ3) is 3.80. The number of nitrogens with two attached hydrogens (primary N) is 1. The minimum atomic E-state index is -0.472. The predicted octanol–water partition coefficient (Wildman–Crippen LogP) is 4.31. The molecule has 0 bridgehead atoms. The van der Waals surface area contributed by atoms with Crippen LogP contribution in [0.5, 0.6) is 0 Å². The third-order valence-corrected chi connectivity index (χ3v) is 3.60. The average molecular weight is 339 g/mol. The first-order chi connectivity index (χ1) is 11.5. The van der Waals surface area contributed by atoms with Gasteiger partial charge in [-0.1, -0.05) is 0 Å². The van der Waals surface area contributed by atoms with Gasteiger partial charge in [-0.15, -0.1) is 0 Å². The van der Waals surface area contributed by atoms with Crippen molar-refractivity contribution in [2.75, 3.05) is 5.73 Å². The highest BCUT2D eigenvalue weighted by molar-refractivity contribution is 7.05. The van der Waals surface area contributed by atoms with Crippen LogP contribution in [0.1, 0.15) is 16.7 Å². The Kier molecular flexibility index (Phi) is 5.35. The summed E-state index contributed by atoms with van der Waals surface area (Å²) >= 11 is 0. The lowest BCUT2D eigenvalue weighted by Crippen LogP contribution is -1.94. The number of non-ortho nitro benzene ring substituents is 1. The van der Waals surface area contributed by atoms with Gasteiger partial charge in [0.15, 0.2) is 11.5 Å². The number of aliphatic imine (C=N–C) groups is 1. The number of anilines is 1. The molecule has 1 aliphatic heterocycles. The van der Waals surface area contributed by atoms with E-state index in [4.69, 9.17) is 12.3 Å². The van der Waals surface area contributed by atoms with E-state index in [1.807, 2.05) is 18.2 Å². The standard InChI is InChI=1S/C8H8N3P.C8H6N2O2/c9-6-1-2-7-5(3-6)4-10-8(7)11-12;1-6-5-7(10(11)12)3-4-8(6)9-2/h1-3,12H,4,9H2;3-5H,1H3. The van der Waals surface area contributed by atoms with Crippen molar-refractivity contribution in [3.05, 3.63) is 74.6 Å². The van der Waals surface area contributed by atoms with Gasteiger partial charge >= 0.3 is 0 Å². The summed E-state index contributed by atoms with van der Waals surface area (Å²) in [6.07, 6.45) is 0. The SMILES string of the molecule is Nc1ccc2c(c1)CN=C2N=P.[C-]#[N+]c1ccc([N+](=O)[O-])cc1C. The molecule has 2 aromatic carbocycles. The number of hydrogen-bond acceptors (Lipinski definition) is 5. The second-order valence-electron chi connectivity index (χ2n) is 5.01. The van der Waals surface area contributed by atoms with Gasteiger partial charge < -0.3 is 5.73 Å². The largest absolute Gasteiger partial charge is 0.399 e. The average Bonchev–Trinajstić information content (AvgIpc) is 2.97. The van der Waals surface area contributed by atoms with Crippen LogP contribution in [-0.4, -0.2) is 10.8 Å². The van der Waals surface area contributed by atoms with Crippen LogP contribution >= 0.6 is 9.03 Å². The van der Waals surface area contributed by atoms with Crippen molar-refractivity contribution in [1.29, 1.82) is 0 Å². The van der Waals surface area contributed by atoms with E-state index in [0.29, 0.717) is 17.8 Å². The van der Waals surface area contributed by atoms with Crippen molar-refractivity contribution in [3.63, 3.8) is 0 Å². The molecule has 0 fully saturated rings. The summed E-state index contributed by atoms with van der Waals surface area (Å²) in [6.45, 7) is 9.08. The lowest BCUT2D eigenvalue weighted by atomic mass is 10.1. The molecule has 3 rings (SSSR count). The van der Waals surface area contributed by atoms with Gasteiger partial charge in [-0.05, 0) is 51.3 Å². The molecule has 0 unspecified atom stereocenters. The number of aryl methyl sites for hydroxylation is 1. The maximum atomic E-state index is 10.3. The van der Waals surface area contributed by atoms with Crippen molar-refractivity contribution >= 4 is 31.9 Å². The van der Waals surface area contributed by atoms with Gasteiger partial charge in [0.2, 0.25) is 0 Å². The molecule has 0 aliphatic carbocycles. The minimum absolute atomic E-state index is 0.0277. The highest BCUT2D eigenvalue weighted by Crippen LogP contribution is 2.23. The Labute approximate surface area is 141 Å². The Morgan fingerprint density at radius 1 is 1.38 bits per heavy atom. The van der Waals surface area contributed by atoms with Crippen LogP contribution in [0.15, 0.2) is 46.1 Å². The highest BCUT2D eigenvalue weighted by Gasteiger charge is 2.13. The summed E-state index contributed by atoms with van der Waals surface area (Å²) in [5, 5.41) is 10.3. The maximum absolute atomic E-state index is 10.3. The molecule has 0 aromatic heterocycles. The zero-order valence-corrected chi connectivity index (χ0v) is 13.9. The fourth-order valence-corrected chi connectivity index (χ4v) is 2.37. The number of rotatable bonds is 1. The van der Waals surface area contributed by atoms with E-state index in [1.165, 1.54) is 18.2 Å². The van der Waals surface area contributed by atoms with Crippen LogP contribution < -0.4 is 5.73 Å². The van der Waals surface area contributed by atoms with E-state index < -0.39 is 4.92 Å². The quantitative estimate of drug-likeness (QED) is 0.275. The van der Waals surface area contributed by atoms with Crippen molar-refractivity contribution in [3.8, 4) is 0 Å². The van der Waals surface area contributed by atoms with Gasteiger partial charge in [0.25, 0.3) is 5.69 Å². The zero-order valence-electron chi connectivity index (χ0n) is 12.9. The minimum Gasteiger partial charge on any atom is -0.399 e. The van der Waals surface area contributed by atoms with Crippen LogP contribution in [0.2, 0.25) is 0 Å². The number of fused-ring (bicyclic) bond motifs is 1. The molecule has 1 heterocycles. The highest BCUT2D eigenvalue weighted by atomic mass is 31.0. The molecule has 24 heavy (non-hydrogen) atoms. The van der Waals surface area contributed by atoms with E-state index in [2.05, 4.69) is 23.6 Å². The van der Waals surface area contributed by atoms with Crippen LogP contribution in [0.4, 0.5) is 17.1 Å². The number of hydrogen-bond donors (Lipinski definition) is 1. The normalized spacial score (nSPS) is 11.4. The Bertz CT molecular complexity index is 887. The molecule has 120 valence electrons. The molecule has 0 radical (unpaired) electrons. The van der Waals surface area contributed by atoms with Crippen molar-refractivity contribution in [1.82, 2.24) is 0 Å². The summed E-state index contributed by atoms with van der Waals surface area (Å²) in [4.78, 5) is 17.2. The molecular weight excluding hydrogens is 325 g/mol. The Balaban J connectivity index is 0.000000174.